The molecule has 14 heteroatoms. The molecule has 1 atom stereocenters. The number of aliphatic hydroxyl groups is 1. The lowest BCUT2D eigenvalue weighted by molar-refractivity contribution is -0.137. The molecular formula is C24H20F3N5O5S. The van der Waals surface area contributed by atoms with Crippen LogP contribution in [0.4, 0.5) is 28.4 Å². The largest absolute Gasteiger partial charge is 0.418 e. The van der Waals surface area contributed by atoms with Crippen molar-refractivity contribution in [1.29, 1.82) is 10.5 Å². The highest BCUT2D eigenvalue weighted by atomic mass is 32.2. The smallest absolute Gasteiger partial charge is 0.395 e. The zero-order valence-corrected chi connectivity index (χ0v) is 20.8. The molecule has 0 aliphatic carbocycles. The van der Waals surface area contributed by atoms with E-state index < -0.39 is 62.4 Å². The summed E-state index contributed by atoms with van der Waals surface area (Å²) in [5, 5.41) is 30.7. The number of benzene rings is 2. The van der Waals surface area contributed by atoms with Gasteiger partial charge in [0.1, 0.15) is 6.04 Å². The minimum atomic E-state index is -4.90. The summed E-state index contributed by atoms with van der Waals surface area (Å²) in [5.41, 5.74) is -2.82. The Hall–Kier alpha value is -4.40. The second-order valence-corrected chi connectivity index (χ2v) is 10.1. The van der Waals surface area contributed by atoms with Crippen LogP contribution in [-0.4, -0.2) is 49.9 Å². The fraction of sp³-hybridized carbons (Fsp3) is 0.250. The highest BCUT2D eigenvalue weighted by molar-refractivity contribution is 7.90. The lowest BCUT2D eigenvalue weighted by Gasteiger charge is -2.41. The molecule has 3 rings (SSSR count). The number of sulfone groups is 1. The third-order valence-electron chi connectivity index (χ3n) is 5.67. The molecular weight excluding hydrogens is 527 g/mol. The van der Waals surface area contributed by atoms with Crippen LogP contribution in [0.3, 0.4) is 0 Å². The van der Waals surface area contributed by atoms with Gasteiger partial charge >= 0.3 is 18.2 Å². The third-order valence-corrected chi connectivity index (χ3v) is 6.82. The summed E-state index contributed by atoms with van der Waals surface area (Å²) in [4.78, 5) is 27.4. The van der Waals surface area contributed by atoms with Crippen molar-refractivity contribution >= 4 is 27.6 Å². The van der Waals surface area contributed by atoms with Gasteiger partial charge < -0.3 is 10.4 Å². The molecule has 0 saturated carbocycles. The van der Waals surface area contributed by atoms with Crippen LogP contribution < -0.4 is 10.2 Å². The molecule has 2 aromatic carbocycles. The van der Waals surface area contributed by atoms with E-state index in [1.165, 1.54) is 19.1 Å². The number of anilines is 1. The van der Waals surface area contributed by atoms with Gasteiger partial charge in [0.2, 0.25) is 0 Å². The number of nitrogens with one attached hydrogen (secondary N) is 1. The maximum atomic E-state index is 13.8. The van der Waals surface area contributed by atoms with Crippen molar-refractivity contribution in [3.05, 3.63) is 70.4 Å². The van der Waals surface area contributed by atoms with E-state index in [0.717, 1.165) is 36.6 Å². The van der Waals surface area contributed by atoms with Crippen LogP contribution in [0.25, 0.3) is 0 Å². The number of carbonyl (C=O) groups excluding carboxylic acids is 2. The molecule has 0 aromatic heterocycles. The molecule has 1 heterocycles. The van der Waals surface area contributed by atoms with Crippen molar-refractivity contribution in [3.63, 3.8) is 0 Å². The number of para-hydroxylation sites is 1. The Kier molecular flexibility index (Phi) is 7.81. The highest BCUT2D eigenvalue weighted by Gasteiger charge is 2.47. The van der Waals surface area contributed by atoms with Crippen LogP contribution in [0, 0.1) is 22.7 Å². The average molecular weight is 548 g/mol. The first-order valence-electron chi connectivity index (χ1n) is 10.8. The fourth-order valence-electron chi connectivity index (χ4n) is 4.04. The number of halogens is 3. The van der Waals surface area contributed by atoms with Crippen molar-refractivity contribution < 1.29 is 36.3 Å². The van der Waals surface area contributed by atoms with E-state index in [0.29, 0.717) is 9.80 Å². The Morgan fingerprint density at radius 3 is 2.37 bits per heavy atom. The summed E-state index contributed by atoms with van der Waals surface area (Å²) >= 11 is 0. The number of alkyl halides is 3. The number of hydrogen-bond donors (Lipinski definition) is 2. The normalized spacial score (nSPS) is 16.2. The lowest BCUT2D eigenvalue weighted by atomic mass is 9.93. The average Bonchev–Trinajstić information content (AvgIpc) is 2.85. The molecule has 0 spiro atoms. The maximum absolute atomic E-state index is 13.8. The summed E-state index contributed by atoms with van der Waals surface area (Å²) < 4.78 is 66.7. The fourth-order valence-corrected chi connectivity index (χ4v) is 4.99. The predicted octanol–water partition coefficient (Wildman–Crippen LogP) is 3.46. The first-order chi connectivity index (χ1) is 17.8. The summed E-state index contributed by atoms with van der Waals surface area (Å²) in [6.45, 7) is 0.291. The number of amides is 4. The Morgan fingerprint density at radius 1 is 1.16 bits per heavy atom. The van der Waals surface area contributed by atoms with Crippen LogP contribution in [0.5, 0.6) is 0 Å². The van der Waals surface area contributed by atoms with Crippen molar-refractivity contribution in [2.24, 2.45) is 0 Å². The number of rotatable bonds is 5. The van der Waals surface area contributed by atoms with Gasteiger partial charge in [-0.3, -0.25) is 4.90 Å². The van der Waals surface area contributed by atoms with Gasteiger partial charge in [0.05, 0.1) is 46.0 Å². The van der Waals surface area contributed by atoms with Crippen molar-refractivity contribution in [1.82, 2.24) is 10.2 Å². The van der Waals surface area contributed by atoms with Crippen molar-refractivity contribution in [2.45, 2.75) is 24.0 Å². The maximum Gasteiger partial charge on any atom is 0.418 e. The van der Waals surface area contributed by atoms with Crippen LogP contribution in [0.15, 0.2) is 58.6 Å². The van der Waals surface area contributed by atoms with Crippen molar-refractivity contribution in [3.8, 4) is 12.1 Å². The van der Waals surface area contributed by atoms with E-state index in [4.69, 9.17) is 5.11 Å². The predicted molar refractivity (Wildman–Crippen MR) is 127 cm³/mol. The molecule has 2 aromatic rings. The number of imide groups is 1. The Morgan fingerprint density at radius 2 is 1.82 bits per heavy atom. The molecule has 0 bridgehead atoms. The van der Waals surface area contributed by atoms with Gasteiger partial charge in [0, 0.05) is 18.5 Å². The number of carbonyl (C=O) groups is 2. The SMILES string of the molecule is CC1=C(C#N)[C@@H](c2ccc(C#N)cc2S(C)(=O)=O)N(C(=O)NCCO)C(=O)N1c1ccccc1C(F)(F)F. The molecule has 4 amide bonds. The van der Waals surface area contributed by atoms with Gasteiger partial charge in [-0.1, -0.05) is 18.2 Å². The molecule has 2 N–H and O–H groups in total. The number of allylic oxidation sites excluding steroid dienone is 1. The molecule has 198 valence electrons. The van der Waals surface area contributed by atoms with Crippen LogP contribution in [0.1, 0.15) is 29.7 Å². The van der Waals surface area contributed by atoms with E-state index in [1.54, 1.807) is 12.1 Å². The van der Waals surface area contributed by atoms with E-state index in [1.807, 2.05) is 0 Å². The zero-order valence-electron chi connectivity index (χ0n) is 19.9. The number of nitrogens with zero attached hydrogens (tertiary/aromatic N) is 4. The Balaban J connectivity index is 2.41. The summed E-state index contributed by atoms with van der Waals surface area (Å²) in [5.74, 6) is 0. The number of urea groups is 2. The lowest BCUT2D eigenvalue weighted by Crippen LogP contribution is -2.55. The molecule has 0 saturated heterocycles. The summed E-state index contributed by atoms with van der Waals surface area (Å²) in [7, 11) is -4.09. The van der Waals surface area contributed by atoms with Gasteiger partial charge in [-0.05, 0) is 36.8 Å². The van der Waals surface area contributed by atoms with Gasteiger partial charge in [-0.2, -0.15) is 23.7 Å². The summed E-state index contributed by atoms with van der Waals surface area (Å²) in [6, 6.07) is 6.84. The Labute approximate surface area is 215 Å². The van der Waals surface area contributed by atoms with Crippen molar-refractivity contribution in [2.75, 3.05) is 24.3 Å². The van der Waals surface area contributed by atoms with E-state index in [-0.39, 0.29) is 23.4 Å². The zero-order chi connectivity index (χ0) is 28.4. The second kappa shape index (κ2) is 10.5. The minimum absolute atomic E-state index is 0.0625. The quantitative estimate of drug-likeness (QED) is 0.581. The summed E-state index contributed by atoms with van der Waals surface area (Å²) in [6.07, 6.45) is -4.08. The van der Waals surface area contributed by atoms with Crippen LogP contribution >= 0.6 is 0 Å². The second-order valence-electron chi connectivity index (χ2n) is 8.11. The standard InChI is InChI=1S/C24H20F3N5O5S/c1-14-17(13-29)21(16-8-7-15(12-28)11-20(16)38(2,36)37)32(22(34)30-9-10-33)23(35)31(14)19-6-4-3-5-18(19)24(25,26)27/h3-8,11,21,33H,9-10H2,1-2H3,(H,30,34)/t21-/m1/s1. The molecule has 1 aliphatic rings. The molecule has 1 aliphatic heterocycles. The van der Waals surface area contributed by atoms with E-state index in [2.05, 4.69) is 5.32 Å². The molecule has 0 fully saturated rings. The van der Waals surface area contributed by atoms with Gasteiger partial charge in [-0.25, -0.2) is 22.9 Å². The number of nitriles is 2. The topological polar surface area (TPSA) is 155 Å². The molecule has 0 radical (unpaired) electrons. The number of aliphatic hydroxyl groups excluding tert-OH is 1. The van der Waals surface area contributed by atoms with Gasteiger partial charge in [0.15, 0.2) is 9.84 Å². The van der Waals surface area contributed by atoms with E-state index >= 15 is 0 Å². The first-order valence-corrected chi connectivity index (χ1v) is 12.7. The third kappa shape index (κ3) is 5.18. The molecule has 38 heavy (non-hydrogen) atoms. The monoisotopic (exact) mass is 547 g/mol. The first kappa shape index (κ1) is 28.2. The number of hydrogen-bond acceptors (Lipinski definition) is 7. The molecule has 10 nitrogen and oxygen atoms in total. The van der Waals surface area contributed by atoms with Crippen LogP contribution in [-0.2, 0) is 16.0 Å². The molecule has 0 unspecified atom stereocenters. The Bertz CT molecular complexity index is 1520. The van der Waals surface area contributed by atoms with Crippen LogP contribution in [0.2, 0.25) is 0 Å². The highest BCUT2D eigenvalue weighted by Crippen LogP contribution is 2.44. The van der Waals surface area contributed by atoms with E-state index in [9.17, 15) is 41.7 Å². The van der Waals surface area contributed by atoms with Gasteiger partial charge in [0.25, 0.3) is 0 Å². The minimum Gasteiger partial charge on any atom is -0.395 e. The van der Waals surface area contributed by atoms with Gasteiger partial charge in [-0.15, -0.1) is 0 Å².